The third-order valence-corrected chi connectivity index (χ3v) is 14.3. The number of rotatable bonds is 14. The van der Waals surface area contributed by atoms with Crippen LogP contribution in [0.4, 0.5) is 0 Å². The first-order valence-electron chi connectivity index (χ1n) is 20.0. The molecule has 1 aliphatic heterocycles. The predicted octanol–water partition coefficient (Wildman–Crippen LogP) is 4.50. The van der Waals surface area contributed by atoms with Crippen LogP contribution in [0.3, 0.4) is 0 Å². The highest BCUT2D eigenvalue weighted by atomic mass is 32.1. The van der Waals surface area contributed by atoms with E-state index < -0.39 is 47.2 Å². The molecule has 6 atom stereocenters. The molecule has 1 unspecified atom stereocenters. The number of carbonyl (C=O) groups is 6. The summed E-state index contributed by atoms with van der Waals surface area (Å²) < 4.78 is 0. The van der Waals surface area contributed by atoms with Crippen molar-refractivity contribution >= 4 is 46.7 Å². The van der Waals surface area contributed by atoms with E-state index in [2.05, 4.69) is 42.0 Å². The highest BCUT2D eigenvalue weighted by molar-refractivity contribution is 7.12. The quantitative estimate of drug-likeness (QED) is 0.207. The van der Waals surface area contributed by atoms with Gasteiger partial charge in [0, 0.05) is 12.6 Å². The summed E-state index contributed by atoms with van der Waals surface area (Å²) >= 11 is 1.33. The number of hydrogen-bond donors (Lipinski definition) is 4. The van der Waals surface area contributed by atoms with Gasteiger partial charge >= 0.3 is 0 Å². The van der Waals surface area contributed by atoms with Gasteiger partial charge < -0.3 is 26.2 Å². The maximum atomic E-state index is 15.0. The smallest absolute Gasteiger partial charge is 0.289 e. The second kappa shape index (κ2) is 14.9. The Morgan fingerprint density at radius 2 is 1.56 bits per heavy atom. The molecule has 6 aliphatic rings. The average molecular weight is 736 g/mol. The molecular weight excluding hydrogens is 679 g/mol. The van der Waals surface area contributed by atoms with Gasteiger partial charge in [-0.25, -0.2) is 0 Å². The van der Waals surface area contributed by atoms with Gasteiger partial charge in [0.25, 0.3) is 11.8 Å². The topological polar surface area (TPSA) is 154 Å². The van der Waals surface area contributed by atoms with Gasteiger partial charge in [-0.2, -0.15) is 0 Å². The second-order valence-corrected chi connectivity index (χ2v) is 18.7. The molecule has 0 aromatic carbocycles. The average Bonchev–Trinajstić information content (AvgIpc) is 4.09. The van der Waals surface area contributed by atoms with Crippen LogP contribution in [0.25, 0.3) is 0 Å². The molecule has 1 aromatic rings. The summed E-state index contributed by atoms with van der Waals surface area (Å²) in [5.74, 6) is -2.30. The van der Waals surface area contributed by atoms with Gasteiger partial charge in [-0.05, 0) is 90.9 Å². The molecule has 1 aromatic heterocycles. The molecular formula is C40H57N5O6S. The molecule has 4 N–H and O–H groups in total. The highest BCUT2D eigenvalue weighted by Crippen LogP contribution is 2.65. The molecule has 0 radical (unpaired) electrons. The Morgan fingerprint density at radius 1 is 0.865 bits per heavy atom. The molecule has 5 aliphatic carbocycles. The van der Waals surface area contributed by atoms with Gasteiger partial charge in [0.1, 0.15) is 18.1 Å². The number of Topliss-reactive ketones (excluding diaryl/α,β-unsaturated/α-hetero) is 1. The van der Waals surface area contributed by atoms with Crippen LogP contribution in [-0.4, -0.2) is 77.0 Å². The lowest BCUT2D eigenvalue weighted by Crippen LogP contribution is -2.63. The number of piperidine rings is 1. The second-order valence-electron chi connectivity index (χ2n) is 17.7. The summed E-state index contributed by atoms with van der Waals surface area (Å²) in [7, 11) is 0. The van der Waals surface area contributed by atoms with E-state index >= 15 is 4.79 Å². The number of carbonyl (C=O) groups excluding carboxylic acids is 6. The van der Waals surface area contributed by atoms with Crippen molar-refractivity contribution in [3.8, 4) is 0 Å². The molecule has 1 saturated heterocycles. The lowest BCUT2D eigenvalue weighted by molar-refractivity contribution is -0.148. The third kappa shape index (κ3) is 7.82. The maximum absolute atomic E-state index is 15.0. The van der Waals surface area contributed by atoms with Crippen LogP contribution in [0.1, 0.15) is 127 Å². The Bertz CT molecular complexity index is 1540. The van der Waals surface area contributed by atoms with Crippen molar-refractivity contribution in [1.29, 1.82) is 0 Å². The number of likely N-dealkylation sites (tertiary alicyclic amines) is 1. The summed E-state index contributed by atoms with van der Waals surface area (Å²) in [5, 5.41) is 13.9. The van der Waals surface area contributed by atoms with E-state index in [-0.39, 0.29) is 52.8 Å². The molecule has 7 rings (SSSR count). The summed E-state index contributed by atoms with van der Waals surface area (Å²) in [6, 6.07) is 0.181. The molecule has 12 heteroatoms. The van der Waals surface area contributed by atoms with Gasteiger partial charge in [-0.15, -0.1) is 11.3 Å². The molecule has 0 bridgehead atoms. The fourth-order valence-corrected chi connectivity index (χ4v) is 10.3. The summed E-state index contributed by atoms with van der Waals surface area (Å²) in [6.07, 6.45) is 13.2. The maximum Gasteiger partial charge on any atom is 0.289 e. The van der Waals surface area contributed by atoms with Crippen LogP contribution in [-0.2, 0) is 24.0 Å². The van der Waals surface area contributed by atoms with Crippen LogP contribution >= 0.6 is 11.3 Å². The SMILES string of the molecule is CC1([C@H](NC(=O)[C@@H](NC(=O)c2cccs2)C2CCCCC2)C(=O)N2C[C@H]3[C@@H]([C@H]2C(=O)NC(CC2CC2)C(=O)C(=O)NC2CC2)C3(C)C)CCCCC1. The number of amides is 5. The van der Waals surface area contributed by atoms with Crippen molar-refractivity contribution in [2.24, 2.45) is 34.5 Å². The van der Waals surface area contributed by atoms with Crippen LogP contribution in [0.5, 0.6) is 0 Å². The molecule has 11 nitrogen and oxygen atoms in total. The highest BCUT2D eigenvalue weighted by Gasteiger charge is 2.70. The molecule has 5 amide bonds. The van der Waals surface area contributed by atoms with E-state index in [1.807, 2.05) is 11.4 Å². The Labute approximate surface area is 311 Å². The first-order valence-corrected chi connectivity index (χ1v) is 20.9. The van der Waals surface area contributed by atoms with Crippen molar-refractivity contribution in [2.45, 2.75) is 147 Å². The zero-order valence-corrected chi connectivity index (χ0v) is 31.9. The number of nitrogens with one attached hydrogen (secondary N) is 4. The zero-order valence-electron chi connectivity index (χ0n) is 31.0. The molecule has 6 fully saturated rings. The van der Waals surface area contributed by atoms with E-state index in [1.165, 1.54) is 11.3 Å². The van der Waals surface area contributed by atoms with Crippen molar-refractivity contribution in [3.63, 3.8) is 0 Å². The van der Waals surface area contributed by atoms with Crippen molar-refractivity contribution in [1.82, 2.24) is 26.2 Å². The van der Waals surface area contributed by atoms with Gasteiger partial charge in [0.15, 0.2) is 0 Å². The largest absolute Gasteiger partial charge is 0.347 e. The van der Waals surface area contributed by atoms with Gasteiger partial charge in [0.05, 0.1) is 10.9 Å². The fraction of sp³-hybridized carbons (Fsp3) is 0.750. The minimum atomic E-state index is -0.939. The predicted molar refractivity (Wildman–Crippen MR) is 197 cm³/mol. The van der Waals surface area contributed by atoms with Crippen molar-refractivity contribution in [3.05, 3.63) is 22.4 Å². The van der Waals surface area contributed by atoms with E-state index in [1.54, 1.807) is 11.0 Å². The fourth-order valence-electron chi connectivity index (χ4n) is 9.70. The number of ketones is 1. The zero-order chi connectivity index (χ0) is 36.8. The molecule has 52 heavy (non-hydrogen) atoms. The normalized spacial score (nSPS) is 28.1. The number of nitrogens with zero attached hydrogens (tertiary/aromatic N) is 1. The van der Waals surface area contributed by atoms with E-state index in [0.717, 1.165) is 89.9 Å². The van der Waals surface area contributed by atoms with Gasteiger partial charge in [0.2, 0.25) is 23.5 Å². The molecule has 5 saturated carbocycles. The van der Waals surface area contributed by atoms with Crippen LogP contribution in [0.2, 0.25) is 0 Å². The standard InChI is InChI=1S/C40H57N5O6S/c1-39(2)26-22-45(31(29(26)39)36(49)42-27(21-23-14-15-23)32(46)37(50)41-25-16-17-25)38(51)33(40(3)18-8-5-9-19-40)44-35(48)30(24-11-6-4-7-12-24)43-34(47)28-13-10-20-52-28/h10,13,20,23-27,29-31,33H,4-9,11-12,14-19,21-22H2,1-3H3,(H,41,50)(H,42,49)(H,43,47)(H,44,48)/t26-,27?,29-,30-,31-,33+/m0/s1. The minimum absolute atomic E-state index is 0.0275. The molecule has 2 heterocycles. The van der Waals surface area contributed by atoms with Crippen molar-refractivity contribution in [2.75, 3.05) is 6.54 Å². The third-order valence-electron chi connectivity index (χ3n) is 13.5. The summed E-state index contributed by atoms with van der Waals surface area (Å²) in [5.41, 5.74) is -0.696. The first-order chi connectivity index (χ1) is 24.9. The van der Waals surface area contributed by atoms with E-state index in [9.17, 15) is 24.0 Å². The summed E-state index contributed by atoms with van der Waals surface area (Å²) in [6.45, 7) is 6.70. The molecule has 284 valence electrons. The minimum Gasteiger partial charge on any atom is -0.347 e. The Hall–Kier alpha value is -3.28. The van der Waals surface area contributed by atoms with Crippen LogP contribution < -0.4 is 21.3 Å². The van der Waals surface area contributed by atoms with Crippen LogP contribution in [0, 0.1) is 34.5 Å². The first kappa shape index (κ1) is 37.1. The van der Waals surface area contributed by atoms with Gasteiger partial charge in [-0.3, -0.25) is 28.8 Å². The van der Waals surface area contributed by atoms with E-state index in [4.69, 9.17) is 0 Å². The Kier molecular flexibility index (Phi) is 10.6. The van der Waals surface area contributed by atoms with E-state index in [0.29, 0.717) is 17.8 Å². The number of hydrogen-bond acceptors (Lipinski definition) is 7. The van der Waals surface area contributed by atoms with Crippen molar-refractivity contribution < 1.29 is 28.8 Å². The number of thiophene rings is 1. The number of fused-ring (bicyclic) bond motifs is 1. The lowest BCUT2D eigenvalue weighted by atomic mass is 9.69. The van der Waals surface area contributed by atoms with Gasteiger partial charge in [-0.1, -0.05) is 78.2 Å². The van der Waals surface area contributed by atoms with Crippen LogP contribution in [0.15, 0.2) is 17.5 Å². The summed E-state index contributed by atoms with van der Waals surface area (Å²) in [4.78, 5) is 85.7. The molecule has 0 spiro atoms. The Balaban J connectivity index is 1.14. The Morgan fingerprint density at radius 3 is 2.19 bits per heavy atom. The monoisotopic (exact) mass is 735 g/mol. The lowest BCUT2D eigenvalue weighted by Gasteiger charge is -2.44.